The molecule has 0 unspecified atom stereocenters. The lowest BCUT2D eigenvalue weighted by Gasteiger charge is -2.02. The molecule has 0 atom stereocenters. The minimum absolute atomic E-state index is 0.203. The van der Waals surface area contributed by atoms with E-state index in [2.05, 4.69) is 10.1 Å². The fourth-order valence-electron chi connectivity index (χ4n) is 2.08. The lowest BCUT2D eigenvalue weighted by molar-refractivity contribution is -0.136. The van der Waals surface area contributed by atoms with Crippen molar-refractivity contribution in [3.63, 3.8) is 0 Å². The first-order valence-electron chi connectivity index (χ1n) is 5.93. The number of aliphatic carboxylic acids is 1. The second kappa shape index (κ2) is 4.61. The smallest absolute Gasteiger partial charge is 0.308 e. The summed E-state index contributed by atoms with van der Waals surface area (Å²) in [5, 5.41) is 13.8. The van der Waals surface area contributed by atoms with E-state index in [9.17, 15) is 9.59 Å². The fourth-order valence-corrected chi connectivity index (χ4v) is 2.77. The SMILES string of the molecule is Cc1nc2cc(-c3cccs3)[nH]n2c(=O)c1CC(=O)O. The molecule has 0 aliphatic heterocycles. The van der Waals surface area contributed by atoms with Gasteiger partial charge in [-0.25, -0.2) is 9.50 Å². The van der Waals surface area contributed by atoms with Crippen LogP contribution in [0.5, 0.6) is 0 Å². The molecule has 0 aliphatic rings. The van der Waals surface area contributed by atoms with Gasteiger partial charge in [0, 0.05) is 11.8 Å². The van der Waals surface area contributed by atoms with E-state index in [4.69, 9.17) is 5.11 Å². The van der Waals surface area contributed by atoms with Crippen LogP contribution in [-0.4, -0.2) is 25.7 Å². The number of aromatic nitrogens is 3. The zero-order valence-corrected chi connectivity index (χ0v) is 11.4. The van der Waals surface area contributed by atoms with E-state index in [1.165, 1.54) is 4.52 Å². The molecule has 0 aliphatic carbocycles. The van der Waals surface area contributed by atoms with Crippen molar-refractivity contribution in [2.45, 2.75) is 13.3 Å². The van der Waals surface area contributed by atoms with Gasteiger partial charge in [0.25, 0.3) is 5.56 Å². The number of rotatable bonds is 3. The molecule has 102 valence electrons. The molecule has 7 heteroatoms. The highest BCUT2D eigenvalue weighted by molar-refractivity contribution is 7.13. The van der Waals surface area contributed by atoms with Crippen LogP contribution in [0.25, 0.3) is 16.2 Å². The summed E-state index contributed by atoms with van der Waals surface area (Å²) in [6.07, 6.45) is -0.325. The van der Waals surface area contributed by atoms with Crippen LogP contribution in [-0.2, 0) is 11.2 Å². The first-order valence-corrected chi connectivity index (χ1v) is 6.81. The predicted octanol–water partition coefficient (Wildman–Crippen LogP) is 1.69. The third-order valence-electron chi connectivity index (χ3n) is 3.03. The van der Waals surface area contributed by atoms with E-state index in [0.29, 0.717) is 11.3 Å². The quantitative estimate of drug-likeness (QED) is 0.768. The summed E-state index contributed by atoms with van der Waals surface area (Å²) in [5.74, 6) is -1.04. The van der Waals surface area contributed by atoms with Gasteiger partial charge in [0.05, 0.1) is 22.6 Å². The summed E-state index contributed by atoms with van der Waals surface area (Å²) in [6, 6.07) is 5.64. The molecule has 3 rings (SSSR count). The number of carbonyl (C=O) groups is 1. The molecule has 6 nitrogen and oxygen atoms in total. The van der Waals surface area contributed by atoms with Gasteiger partial charge in [-0.15, -0.1) is 11.3 Å². The second-order valence-corrected chi connectivity index (χ2v) is 5.34. The van der Waals surface area contributed by atoms with Crippen molar-refractivity contribution >= 4 is 23.0 Å². The number of nitrogens with zero attached hydrogens (tertiary/aromatic N) is 2. The molecule has 0 bridgehead atoms. The van der Waals surface area contributed by atoms with Crippen molar-refractivity contribution in [1.82, 2.24) is 14.6 Å². The average molecular weight is 289 g/mol. The van der Waals surface area contributed by atoms with E-state index >= 15 is 0 Å². The van der Waals surface area contributed by atoms with Gasteiger partial charge in [0.15, 0.2) is 5.65 Å². The Morgan fingerprint density at radius 3 is 3.00 bits per heavy atom. The molecule has 0 aromatic carbocycles. The zero-order chi connectivity index (χ0) is 14.3. The normalized spacial score (nSPS) is 11.1. The van der Waals surface area contributed by atoms with Gasteiger partial charge in [-0.3, -0.25) is 14.7 Å². The van der Waals surface area contributed by atoms with Gasteiger partial charge >= 0.3 is 5.97 Å². The molecule has 0 saturated carbocycles. The minimum atomic E-state index is -1.04. The van der Waals surface area contributed by atoms with Crippen molar-refractivity contribution in [3.05, 3.63) is 45.2 Å². The van der Waals surface area contributed by atoms with E-state index < -0.39 is 5.97 Å². The Bertz CT molecular complexity index is 846. The number of carboxylic acids is 1. The predicted molar refractivity (Wildman–Crippen MR) is 75.2 cm³/mol. The number of carboxylic acid groups (broad SMARTS) is 1. The Morgan fingerprint density at radius 2 is 2.35 bits per heavy atom. The Labute approximate surface area is 117 Å². The number of fused-ring (bicyclic) bond motifs is 1. The number of aryl methyl sites for hydroxylation is 1. The molecule has 2 N–H and O–H groups in total. The standard InChI is InChI=1S/C13H11N3O3S/c1-7-8(5-12(17)18)13(19)16-11(14-7)6-9(15-16)10-3-2-4-20-10/h2-4,6,15H,5H2,1H3,(H,17,18). The fraction of sp³-hybridized carbons (Fsp3) is 0.154. The summed E-state index contributed by atoms with van der Waals surface area (Å²) in [7, 11) is 0. The Balaban J connectivity index is 2.22. The Kier molecular flexibility index (Phi) is 2.90. The van der Waals surface area contributed by atoms with Gasteiger partial charge in [-0.2, -0.15) is 0 Å². The highest BCUT2D eigenvalue weighted by Gasteiger charge is 2.15. The van der Waals surface area contributed by atoms with Gasteiger partial charge < -0.3 is 5.11 Å². The molecule has 3 aromatic rings. The van der Waals surface area contributed by atoms with E-state index in [0.717, 1.165) is 10.6 Å². The highest BCUT2D eigenvalue weighted by Crippen LogP contribution is 2.23. The maximum atomic E-state index is 12.3. The summed E-state index contributed by atoms with van der Waals surface area (Å²) in [5.41, 5.74) is 1.57. The highest BCUT2D eigenvalue weighted by atomic mass is 32.1. The van der Waals surface area contributed by atoms with E-state index in [1.807, 2.05) is 17.5 Å². The van der Waals surface area contributed by atoms with Gasteiger partial charge in [-0.1, -0.05) is 6.07 Å². The first-order chi connectivity index (χ1) is 9.56. The Hall–Kier alpha value is -2.41. The molecular weight excluding hydrogens is 278 g/mol. The molecule has 0 radical (unpaired) electrons. The van der Waals surface area contributed by atoms with Crippen LogP contribution >= 0.6 is 11.3 Å². The van der Waals surface area contributed by atoms with Crippen LogP contribution in [0.1, 0.15) is 11.3 Å². The number of H-pyrrole nitrogens is 1. The van der Waals surface area contributed by atoms with Crippen molar-refractivity contribution in [3.8, 4) is 10.6 Å². The molecule has 3 heterocycles. The van der Waals surface area contributed by atoms with E-state index in [1.54, 1.807) is 24.3 Å². The molecule has 3 aromatic heterocycles. The first kappa shape index (κ1) is 12.6. The summed E-state index contributed by atoms with van der Waals surface area (Å²) in [4.78, 5) is 28.4. The van der Waals surface area contributed by atoms with Crippen LogP contribution in [0.3, 0.4) is 0 Å². The van der Waals surface area contributed by atoms with Crippen molar-refractivity contribution in [2.24, 2.45) is 0 Å². The number of hydrogen-bond acceptors (Lipinski definition) is 4. The largest absolute Gasteiger partial charge is 0.481 e. The number of thiophene rings is 1. The van der Waals surface area contributed by atoms with Crippen LogP contribution in [0.2, 0.25) is 0 Å². The molecule has 0 spiro atoms. The van der Waals surface area contributed by atoms with Gasteiger partial charge in [0.2, 0.25) is 0 Å². The second-order valence-electron chi connectivity index (χ2n) is 4.39. The summed E-state index contributed by atoms with van der Waals surface area (Å²) in [6.45, 7) is 1.65. The number of nitrogens with one attached hydrogen (secondary N) is 1. The van der Waals surface area contributed by atoms with Crippen molar-refractivity contribution in [2.75, 3.05) is 0 Å². The minimum Gasteiger partial charge on any atom is -0.481 e. The van der Waals surface area contributed by atoms with Crippen LogP contribution in [0.4, 0.5) is 0 Å². The average Bonchev–Trinajstić information content (AvgIpc) is 3.01. The molecule has 0 amide bonds. The third kappa shape index (κ3) is 2.01. The van der Waals surface area contributed by atoms with Crippen molar-refractivity contribution in [1.29, 1.82) is 0 Å². The maximum absolute atomic E-state index is 12.3. The molecule has 20 heavy (non-hydrogen) atoms. The van der Waals surface area contributed by atoms with Crippen LogP contribution < -0.4 is 5.56 Å². The maximum Gasteiger partial charge on any atom is 0.308 e. The molecule has 0 saturated heterocycles. The third-order valence-corrected chi connectivity index (χ3v) is 3.93. The zero-order valence-electron chi connectivity index (χ0n) is 10.6. The molecule has 0 fully saturated rings. The summed E-state index contributed by atoms with van der Waals surface area (Å²) >= 11 is 1.55. The van der Waals surface area contributed by atoms with E-state index in [-0.39, 0.29) is 17.5 Å². The van der Waals surface area contributed by atoms with Crippen molar-refractivity contribution < 1.29 is 9.90 Å². The number of aromatic amines is 1. The van der Waals surface area contributed by atoms with Crippen LogP contribution in [0, 0.1) is 6.92 Å². The molecular formula is C13H11N3O3S. The lowest BCUT2D eigenvalue weighted by Crippen LogP contribution is -2.23. The number of hydrogen-bond donors (Lipinski definition) is 2. The lowest BCUT2D eigenvalue weighted by atomic mass is 10.2. The summed E-state index contributed by atoms with van der Waals surface area (Å²) < 4.78 is 1.29. The monoisotopic (exact) mass is 289 g/mol. The van der Waals surface area contributed by atoms with Gasteiger partial charge in [0.1, 0.15) is 0 Å². The van der Waals surface area contributed by atoms with Crippen LogP contribution in [0.15, 0.2) is 28.4 Å². The Morgan fingerprint density at radius 1 is 1.55 bits per heavy atom. The topological polar surface area (TPSA) is 87.5 Å². The van der Waals surface area contributed by atoms with Gasteiger partial charge in [-0.05, 0) is 18.4 Å².